The maximum Gasteiger partial charge on any atom is 0.316 e. The van der Waals surface area contributed by atoms with Crippen molar-refractivity contribution in [3.63, 3.8) is 0 Å². The van der Waals surface area contributed by atoms with Crippen LogP contribution in [0.3, 0.4) is 0 Å². The van der Waals surface area contributed by atoms with Gasteiger partial charge in [0.2, 0.25) is 0 Å². The second-order valence-corrected chi connectivity index (χ2v) is 3.42. The Kier molecular flexibility index (Phi) is 3.10. The summed E-state index contributed by atoms with van der Waals surface area (Å²) in [5.41, 5.74) is 0. The van der Waals surface area contributed by atoms with Gasteiger partial charge in [-0.3, -0.25) is 4.79 Å². The van der Waals surface area contributed by atoms with Gasteiger partial charge in [0.1, 0.15) is 6.42 Å². The minimum absolute atomic E-state index is 0.451. The average Bonchev–Trinajstić information content (AvgIpc) is 2.02. The molecule has 0 unspecified atom stereocenters. The van der Waals surface area contributed by atoms with E-state index in [1.54, 1.807) is 0 Å². The maximum absolute atomic E-state index is 13.0. The molecule has 0 aliphatic heterocycles. The summed E-state index contributed by atoms with van der Waals surface area (Å²) in [6.07, 6.45) is 0.963. The minimum atomic E-state index is -3.54. The Hall–Kier alpha value is -1.11. The van der Waals surface area contributed by atoms with Gasteiger partial charge >= 0.3 is 11.9 Å². The molecule has 4 nitrogen and oxygen atoms in total. The number of aromatic nitrogens is 2. The third kappa shape index (κ3) is 2.69. The summed E-state index contributed by atoms with van der Waals surface area (Å²) in [5, 5.41) is 8.22. The number of aliphatic carboxylic acids is 1. The Labute approximate surface area is 86.1 Å². The molecule has 1 N–H and O–H groups in total. The van der Waals surface area contributed by atoms with Crippen LogP contribution in [0, 0.1) is 0 Å². The van der Waals surface area contributed by atoms with E-state index in [1.807, 2.05) is 0 Å². The summed E-state index contributed by atoms with van der Waals surface area (Å²) >= 11 is 2.98. The van der Waals surface area contributed by atoms with E-state index in [1.165, 1.54) is 0 Å². The number of halogens is 3. The number of hydrogen-bond donors (Lipinski definition) is 1. The lowest BCUT2D eigenvalue weighted by molar-refractivity contribution is -0.146. The number of carboxylic acids is 1. The SMILES string of the molecule is O=C(O)CC(F)(F)c1ncc(Br)cn1. The van der Waals surface area contributed by atoms with Gasteiger partial charge < -0.3 is 5.11 Å². The van der Waals surface area contributed by atoms with E-state index >= 15 is 0 Å². The molecule has 0 aliphatic carbocycles. The summed E-state index contributed by atoms with van der Waals surface area (Å²) in [4.78, 5) is 16.8. The van der Waals surface area contributed by atoms with Crippen LogP contribution < -0.4 is 0 Å². The number of rotatable bonds is 3. The van der Waals surface area contributed by atoms with Crippen molar-refractivity contribution in [1.82, 2.24) is 9.97 Å². The van der Waals surface area contributed by atoms with E-state index < -0.39 is 24.1 Å². The highest BCUT2D eigenvalue weighted by Gasteiger charge is 2.37. The summed E-state index contributed by atoms with van der Waals surface area (Å²) in [5.74, 6) is -5.92. The maximum atomic E-state index is 13.0. The highest BCUT2D eigenvalue weighted by molar-refractivity contribution is 9.10. The zero-order valence-electron chi connectivity index (χ0n) is 6.75. The van der Waals surface area contributed by atoms with E-state index in [2.05, 4.69) is 25.9 Å². The fourth-order valence-electron chi connectivity index (χ4n) is 0.770. The van der Waals surface area contributed by atoms with E-state index in [0.717, 1.165) is 12.4 Å². The Morgan fingerprint density at radius 1 is 1.50 bits per heavy atom. The molecule has 0 bridgehead atoms. The van der Waals surface area contributed by atoms with Crippen molar-refractivity contribution >= 4 is 21.9 Å². The van der Waals surface area contributed by atoms with Crippen molar-refractivity contribution in [2.75, 3.05) is 0 Å². The van der Waals surface area contributed by atoms with Crippen LogP contribution in [0.25, 0.3) is 0 Å². The van der Waals surface area contributed by atoms with Crippen molar-refractivity contribution in [2.24, 2.45) is 0 Å². The molecule has 0 aromatic carbocycles. The molecule has 14 heavy (non-hydrogen) atoms. The van der Waals surface area contributed by atoms with Crippen LogP contribution >= 0.6 is 15.9 Å². The van der Waals surface area contributed by atoms with Gasteiger partial charge in [0.05, 0.1) is 4.47 Å². The van der Waals surface area contributed by atoms with Crippen LogP contribution in [0.1, 0.15) is 12.2 Å². The van der Waals surface area contributed by atoms with Crippen LogP contribution in [-0.4, -0.2) is 21.0 Å². The van der Waals surface area contributed by atoms with Gasteiger partial charge in [0.15, 0.2) is 5.82 Å². The first kappa shape index (κ1) is 11.0. The first-order valence-corrected chi connectivity index (χ1v) is 4.29. The second-order valence-electron chi connectivity index (χ2n) is 2.50. The van der Waals surface area contributed by atoms with Gasteiger partial charge in [-0.15, -0.1) is 0 Å². The zero-order valence-corrected chi connectivity index (χ0v) is 8.33. The largest absolute Gasteiger partial charge is 0.481 e. The summed E-state index contributed by atoms with van der Waals surface area (Å²) < 4.78 is 26.5. The molecule has 0 atom stereocenters. The monoisotopic (exact) mass is 266 g/mol. The standard InChI is InChI=1S/C7H5BrF2N2O2/c8-4-2-11-6(12-3-4)7(9,10)1-5(13)14/h2-3H,1H2,(H,13,14). The number of hydrogen-bond acceptors (Lipinski definition) is 3. The second kappa shape index (κ2) is 3.95. The molecule has 7 heteroatoms. The van der Waals surface area contributed by atoms with Crippen molar-refractivity contribution in [3.05, 3.63) is 22.7 Å². The first-order chi connectivity index (χ1) is 6.42. The van der Waals surface area contributed by atoms with Crippen molar-refractivity contribution < 1.29 is 18.7 Å². The van der Waals surface area contributed by atoms with Gasteiger partial charge in [-0.2, -0.15) is 8.78 Å². The quantitative estimate of drug-likeness (QED) is 0.907. The lowest BCUT2D eigenvalue weighted by Gasteiger charge is -2.11. The summed E-state index contributed by atoms with van der Waals surface area (Å²) in [6.45, 7) is 0. The van der Waals surface area contributed by atoms with Gasteiger partial charge in [-0.1, -0.05) is 0 Å². The molecule has 0 fully saturated rings. The predicted octanol–water partition coefficient (Wildman–Crippen LogP) is 1.81. The molecular weight excluding hydrogens is 262 g/mol. The van der Waals surface area contributed by atoms with Gasteiger partial charge in [0.25, 0.3) is 0 Å². The average molecular weight is 267 g/mol. The molecule has 1 aromatic heterocycles. The molecule has 1 aromatic rings. The van der Waals surface area contributed by atoms with E-state index in [0.29, 0.717) is 4.47 Å². The van der Waals surface area contributed by atoms with Crippen LogP contribution in [0.5, 0.6) is 0 Å². The van der Waals surface area contributed by atoms with E-state index in [4.69, 9.17) is 5.11 Å². The number of carboxylic acid groups (broad SMARTS) is 1. The smallest absolute Gasteiger partial charge is 0.316 e. The van der Waals surface area contributed by atoms with Crippen LogP contribution in [0.4, 0.5) is 8.78 Å². The molecule has 1 heterocycles. The van der Waals surface area contributed by atoms with Crippen molar-refractivity contribution in [2.45, 2.75) is 12.3 Å². The molecule has 0 saturated heterocycles. The van der Waals surface area contributed by atoms with Crippen LogP contribution in [-0.2, 0) is 10.7 Å². The van der Waals surface area contributed by atoms with Gasteiger partial charge in [0, 0.05) is 12.4 Å². The summed E-state index contributed by atoms with van der Waals surface area (Å²) in [7, 11) is 0. The normalized spacial score (nSPS) is 11.4. The molecule has 0 aliphatic rings. The molecule has 1 rings (SSSR count). The topological polar surface area (TPSA) is 63.1 Å². The van der Waals surface area contributed by atoms with Crippen LogP contribution in [0.15, 0.2) is 16.9 Å². The van der Waals surface area contributed by atoms with Crippen molar-refractivity contribution in [1.29, 1.82) is 0 Å². The third-order valence-corrected chi connectivity index (χ3v) is 1.73. The first-order valence-electron chi connectivity index (χ1n) is 3.49. The van der Waals surface area contributed by atoms with Gasteiger partial charge in [-0.05, 0) is 15.9 Å². The Bertz CT molecular complexity index is 342. The van der Waals surface area contributed by atoms with E-state index in [-0.39, 0.29) is 0 Å². The Balaban J connectivity index is 2.91. The molecule has 0 spiro atoms. The number of nitrogens with zero attached hydrogens (tertiary/aromatic N) is 2. The Morgan fingerprint density at radius 2 is 2.00 bits per heavy atom. The molecule has 0 saturated carbocycles. The molecular formula is C7H5BrF2N2O2. The fourth-order valence-corrected chi connectivity index (χ4v) is 0.975. The Morgan fingerprint density at radius 3 is 2.43 bits per heavy atom. The van der Waals surface area contributed by atoms with Crippen molar-refractivity contribution in [3.8, 4) is 0 Å². The number of alkyl halides is 2. The molecule has 0 amide bonds. The highest BCUT2D eigenvalue weighted by atomic mass is 79.9. The van der Waals surface area contributed by atoms with E-state index in [9.17, 15) is 13.6 Å². The number of carbonyl (C=O) groups is 1. The lowest BCUT2D eigenvalue weighted by atomic mass is 10.2. The lowest BCUT2D eigenvalue weighted by Crippen LogP contribution is -2.21. The van der Waals surface area contributed by atoms with Gasteiger partial charge in [-0.25, -0.2) is 9.97 Å². The molecule has 76 valence electrons. The zero-order chi connectivity index (χ0) is 10.8. The fraction of sp³-hybridized carbons (Fsp3) is 0.286. The third-order valence-electron chi connectivity index (χ3n) is 1.32. The van der Waals surface area contributed by atoms with Crippen LogP contribution in [0.2, 0.25) is 0 Å². The highest BCUT2D eigenvalue weighted by Crippen LogP contribution is 2.28. The minimum Gasteiger partial charge on any atom is -0.481 e. The molecule has 0 radical (unpaired) electrons. The summed E-state index contributed by atoms with van der Waals surface area (Å²) in [6, 6.07) is 0. The predicted molar refractivity (Wildman–Crippen MR) is 45.9 cm³/mol.